The average molecular weight is 322 g/mol. The fourth-order valence-corrected chi connectivity index (χ4v) is 2.41. The van der Waals surface area contributed by atoms with Gasteiger partial charge in [0.1, 0.15) is 5.82 Å². The van der Waals surface area contributed by atoms with E-state index in [-0.39, 0.29) is 11.9 Å². The number of halogens is 2. The summed E-state index contributed by atoms with van der Waals surface area (Å²) in [4.78, 5) is 0. The van der Waals surface area contributed by atoms with E-state index in [2.05, 4.69) is 40.3 Å². The molecule has 0 aliphatic heterocycles. The topological polar surface area (TPSA) is 12.0 Å². The molecule has 0 saturated heterocycles. The van der Waals surface area contributed by atoms with E-state index in [0.717, 1.165) is 10.0 Å². The first-order valence-corrected chi connectivity index (χ1v) is 7.09. The second-order valence-corrected chi connectivity index (χ2v) is 5.67. The lowest BCUT2D eigenvalue weighted by molar-refractivity contribution is 0.544. The second-order valence-electron chi connectivity index (χ2n) is 4.75. The second kappa shape index (κ2) is 6.31. The zero-order valence-electron chi connectivity index (χ0n) is 11.1. The summed E-state index contributed by atoms with van der Waals surface area (Å²) in [5.41, 5.74) is 2.97. The van der Waals surface area contributed by atoms with Crippen molar-refractivity contribution in [1.29, 1.82) is 0 Å². The molecule has 2 aromatic rings. The standard InChI is InChI=1S/C16H17BrFN/c1-11-6-7-16(18)14(8-11)10-19-12(2)13-4-3-5-15(17)9-13/h3-9,12,19H,10H2,1-2H3/t12-/m0/s1. The van der Waals surface area contributed by atoms with Crippen molar-refractivity contribution in [2.45, 2.75) is 26.4 Å². The maximum Gasteiger partial charge on any atom is 0.127 e. The predicted octanol–water partition coefficient (Wildman–Crippen LogP) is 4.75. The highest BCUT2D eigenvalue weighted by atomic mass is 79.9. The molecule has 1 nitrogen and oxygen atoms in total. The number of benzene rings is 2. The fourth-order valence-electron chi connectivity index (χ4n) is 2.00. The average Bonchev–Trinajstić information content (AvgIpc) is 2.39. The molecule has 2 aromatic carbocycles. The Hall–Kier alpha value is -1.19. The Balaban J connectivity index is 2.04. The molecule has 0 aromatic heterocycles. The minimum absolute atomic E-state index is 0.153. The van der Waals surface area contributed by atoms with Gasteiger partial charge in [-0.15, -0.1) is 0 Å². The maximum atomic E-state index is 13.6. The molecule has 0 fully saturated rings. The van der Waals surface area contributed by atoms with Crippen molar-refractivity contribution in [3.05, 3.63) is 69.4 Å². The molecular formula is C16H17BrFN. The van der Waals surface area contributed by atoms with E-state index in [4.69, 9.17) is 0 Å². The van der Waals surface area contributed by atoms with Crippen molar-refractivity contribution in [3.8, 4) is 0 Å². The van der Waals surface area contributed by atoms with Crippen molar-refractivity contribution in [1.82, 2.24) is 5.32 Å². The molecule has 0 bridgehead atoms. The largest absolute Gasteiger partial charge is 0.306 e. The number of hydrogen-bond donors (Lipinski definition) is 1. The summed E-state index contributed by atoms with van der Waals surface area (Å²) in [6.45, 7) is 4.58. The van der Waals surface area contributed by atoms with Gasteiger partial charge in [-0.05, 0) is 37.6 Å². The fraction of sp³-hybridized carbons (Fsp3) is 0.250. The number of nitrogens with one attached hydrogen (secondary N) is 1. The van der Waals surface area contributed by atoms with Gasteiger partial charge in [0.2, 0.25) is 0 Å². The molecule has 0 aliphatic rings. The molecule has 100 valence electrons. The van der Waals surface area contributed by atoms with E-state index in [9.17, 15) is 4.39 Å². The first-order chi connectivity index (χ1) is 9.06. The Bertz CT molecular complexity index is 568. The molecule has 0 saturated carbocycles. The summed E-state index contributed by atoms with van der Waals surface area (Å²) in [6.07, 6.45) is 0. The first kappa shape index (κ1) is 14.2. The molecular weight excluding hydrogens is 305 g/mol. The van der Waals surface area contributed by atoms with Crippen LogP contribution in [-0.4, -0.2) is 0 Å². The smallest absolute Gasteiger partial charge is 0.127 e. The normalized spacial score (nSPS) is 12.4. The van der Waals surface area contributed by atoms with Crippen LogP contribution >= 0.6 is 15.9 Å². The minimum atomic E-state index is -0.153. The highest BCUT2D eigenvalue weighted by molar-refractivity contribution is 9.10. The van der Waals surface area contributed by atoms with Crippen molar-refractivity contribution in [2.24, 2.45) is 0 Å². The van der Waals surface area contributed by atoms with Gasteiger partial charge in [0, 0.05) is 22.6 Å². The monoisotopic (exact) mass is 321 g/mol. The van der Waals surface area contributed by atoms with Gasteiger partial charge in [0.25, 0.3) is 0 Å². The number of aryl methyl sites for hydroxylation is 1. The van der Waals surface area contributed by atoms with E-state index in [1.807, 2.05) is 25.1 Å². The lowest BCUT2D eigenvalue weighted by atomic mass is 10.1. The summed E-state index contributed by atoms with van der Waals surface area (Å²) >= 11 is 3.46. The number of hydrogen-bond acceptors (Lipinski definition) is 1. The van der Waals surface area contributed by atoms with Crippen LogP contribution in [-0.2, 0) is 6.54 Å². The molecule has 1 N–H and O–H groups in total. The summed E-state index contributed by atoms with van der Waals surface area (Å²) in [5.74, 6) is -0.153. The van der Waals surface area contributed by atoms with Crippen LogP contribution in [0.5, 0.6) is 0 Å². The minimum Gasteiger partial charge on any atom is -0.306 e. The van der Waals surface area contributed by atoms with Gasteiger partial charge >= 0.3 is 0 Å². The Labute approximate surface area is 122 Å². The lowest BCUT2D eigenvalue weighted by Gasteiger charge is -2.15. The third-order valence-corrected chi connectivity index (χ3v) is 3.64. The Morgan fingerprint density at radius 2 is 2.00 bits per heavy atom. The zero-order chi connectivity index (χ0) is 13.8. The molecule has 0 aliphatic carbocycles. The van der Waals surface area contributed by atoms with E-state index in [1.54, 1.807) is 6.07 Å². The van der Waals surface area contributed by atoms with Crippen LogP contribution in [0.2, 0.25) is 0 Å². The van der Waals surface area contributed by atoms with Crippen LogP contribution in [0.15, 0.2) is 46.9 Å². The van der Waals surface area contributed by atoms with Crippen molar-refractivity contribution in [3.63, 3.8) is 0 Å². The SMILES string of the molecule is Cc1ccc(F)c(CN[C@@H](C)c2cccc(Br)c2)c1. The van der Waals surface area contributed by atoms with Gasteiger partial charge < -0.3 is 5.32 Å². The highest BCUT2D eigenvalue weighted by Gasteiger charge is 2.07. The van der Waals surface area contributed by atoms with Crippen LogP contribution in [0.25, 0.3) is 0 Å². The summed E-state index contributed by atoms with van der Waals surface area (Å²) < 4.78 is 14.7. The molecule has 1 atom stereocenters. The van der Waals surface area contributed by atoms with Crippen molar-refractivity contribution in [2.75, 3.05) is 0 Å². The summed E-state index contributed by atoms with van der Waals surface area (Å²) in [6, 6.07) is 13.5. The van der Waals surface area contributed by atoms with Gasteiger partial charge in [0.05, 0.1) is 0 Å². The van der Waals surface area contributed by atoms with E-state index >= 15 is 0 Å². The van der Waals surface area contributed by atoms with Gasteiger partial charge in [-0.1, -0.05) is 45.8 Å². The van der Waals surface area contributed by atoms with Crippen LogP contribution in [0.3, 0.4) is 0 Å². The summed E-state index contributed by atoms with van der Waals surface area (Å²) in [5, 5.41) is 3.35. The maximum absolute atomic E-state index is 13.6. The van der Waals surface area contributed by atoms with Crippen molar-refractivity contribution >= 4 is 15.9 Å². The molecule has 2 rings (SSSR count). The number of rotatable bonds is 4. The van der Waals surface area contributed by atoms with Gasteiger partial charge in [-0.25, -0.2) is 4.39 Å². The Kier molecular flexibility index (Phi) is 4.72. The van der Waals surface area contributed by atoms with Crippen molar-refractivity contribution < 1.29 is 4.39 Å². The molecule has 0 unspecified atom stereocenters. The van der Waals surface area contributed by atoms with E-state index in [0.29, 0.717) is 12.1 Å². The lowest BCUT2D eigenvalue weighted by Crippen LogP contribution is -2.18. The summed E-state index contributed by atoms with van der Waals surface area (Å²) in [7, 11) is 0. The van der Waals surface area contributed by atoms with E-state index in [1.165, 1.54) is 11.6 Å². The van der Waals surface area contributed by atoms with Gasteiger partial charge in [-0.3, -0.25) is 0 Å². The van der Waals surface area contributed by atoms with Crippen LogP contribution < -0.4 is 5.32 Å². The van der Waals surface area contributed by atoms with Crippen LogP contribution in [0.4, 0.5) is 4.39 Å². The predicted molar refractivity (Wildman–Crippen MR) is 80.5 cm³/mol. The Morgan fingerprint density at radius 3 is 2.74 bits per heavy atom. The molecule has 0 heterocycles. The highest BCUT2D eigenvalue weighted by Crippen LogP contribution is 2.19. The third-order valence-electron chi connectivity index (χ3n) is 3.15. The first-order valence-electron chi connectivity index (χ1n) is 6.30. The Morgan fingerprint density at radius 1 is 1.21 bits per heavy atom. The molecule has 3 heteroatoms. The van der Waals surface area contributed by atoms with Crippen LogP contribution in [0.1, 0.15) is 29.7 Å². The molecule has 19 heavy (non-hydrogen) atoms. The molecule has 0 radical (unpaired) electrons. The molecule has 0 spiro atoms. The molecule has 0 amide bonds. The van der Waals surface area contributed by atoms with Crippen LogP contribution in [0, 0.1) is 12.7 Å². The van der Waals surface area contributed by atoms with Gasteiger partial charge in [-0.2, -0.15) is 0 Å². The third kappa shape index (κ3) is 3.88. The zero-order valence-corrected chi connectivity index (χ0v) is 12.7. The van der Waals surface area contributed by atoms with Gasteiger partial charge in [0.15, 0.2) is 0 Å². The van der Waals surface area contributed by atoms with E-state index < -0.39 is 0 Å². The quantitative estimate of drug-likeness (QED) is 0.857.